The summed E-state index contributed by atoms with van der Waals surface area (Å²) in [7, 11) is 1.78. The van der Waals surface area contributed by atoms with Gasteiger partial charge in [0, 0.05) is 18.8 Å². The Balaban J connectivity index is 2.16. The van der Waals surface area contributed by atoms with Crippen LogP contribution in [0.5, 0.6) is 5.75 Å². The summed E-state index contributed by atoms with van der Waals surface area (Å²) in [6.07, 6.45) is 0.739. The van der Waals surface area contributed by atoms with Gasteiger partial charge in [-0.2, -0.15) is 5.10 Å². The lowest BCUT2D eigenvalue weighted by atomic mass is 10.3. The highest BCUT2D eigenvalue weighted by Gasteiger charge is 2.14. The largest absolute Gasteiger partial charge is 0.484 e. The van der Waals surface area contributed by atoms with Crippen molar-refractivity contribution in [3.8, 4) is 5.75 Å². The van der Waals surface area contributed by atoms with E-state index < -0.39 is 5.82 Å². The Labute approximate surface area is 115 Å². The van der Waals surface area contributed by atoms with Crippen LogP contribution >= 0.6 is 11.6 Å². The molecule has 1 aromatic heterocycles. The van der Waals surface area contributed by atoms with Gasteiger partial charge in [0.15, 0.2) is 11.6 Å². The SMILES string of the molecule is CCc1nn(C)c(COc2ccc(N)cc2F)c1Cl. The van der Waals surface area contributed by atoms with E-state index in [-0.39, 0.29) is 12.4 Å². The van der Waals surface area contributed by atoms with Crippen molar-refractivity contribution in [1.82, 2.24) is 9.78 Å². The van der Waals surface area contributed by atoms with Gasteiger partial charge in [0.25, 0.3) is 0 Å². The van der Waals surface area contributed by atoms with Gasteiger partial charge in [-0.3, -0.25) is 4.68 Å². The molecule has 4 nitrogen and oxygen atoms in total. The Kier molecular flexibility index (Phi) is 3.95. The van der Waals surface area contributed by atoms with Crippen molar-refractivity contribution in [2.24, 2.45) is 7.05 Å². The molecule has 102 valence electrons. The molecule has 0 spiro atoms. The summed E-state index contributed by atoms with van der Waals surface area (Å²) in [4.78, 5) is 0. The molecule has 0 aliphatic carbocycles. The van der Waals surface area contributed by atoms with Crippen LogP contribution in [-0.2, 0) is 20.1 Å². The van der Waals surface area contributed by atoms with Gasteiger partial charge in [0.2, 0.25) is 0 Å². The number of aryl methyl sites for hydroxylation is 2. The van der Waals surface area contributed by atoms with E-state index in [1.165, 1.54) is 12.1 Å². The Bertz CT molecular complexity index is 598. The van der Waals surface area contributed by atoms with Gasteiger partial charge in [-0.1, -0.05) is 18.5 Å². The maximum Gasteiger partial charge on any atom is 0.167 e. The fourth-order valence-electron chi connectivity index (χ4n) is 1.76. The highest BCUT2D eigenvalue weighted by molar-refractivity contribution is 6.31. The molecule has 1 heterocycles. The zero-order valence-corrected chi connectivity index (χ0v) is 11.5. The minimum absolute atomic E-state index is 0.143. The van der Waals surface area contributed by atoms with Crippen molar-refractivity contribution in [3.05, 3.63) is 40.4 Å². The van der Waals surface area contributed by atoms with Crippen LogP contribution in [0.15, 0.2) is 18.2 Å². The molecule has 0 bridgehead atoms. The second kappa shape index (κ2) is 5.48. The van der Waals surface area contributed by atoms with Crippen molar-refractivity contribution in [1.29, 1.82) is 0 Å². The first-order chi connectivity index (χ1) is 9.02. The summed E-state index contributed by atoms with van der Waals surface area (Å²) in [5, 5.41) is 4.84. The molecule has 0 fully saturated rings. The molecule has 6 heteroatoms. The van der Waals surface area contributed by atoms with Crippen LogP contribution < -0.4 is 10.5 Å². The minimum atomic E-state index is -0.492. The highest BCUT2D eigenvalue weighted by Crippen LogP contribution is 2.24. The zero-order chi connectivity index (χ0) is 14.0. The van der Waals surface area contributed by atoms with Crippen molar-refractivity contribution < 1.29 is 9.13 Å². The Hall–Kier alpha value is -1.75. The van der Waals surface area contributed by atoms with Crippen molar-refractivity contribution >= 4 is 17.3 Å². The average molecular weight is 284 g/mol. The van der Waals surface area contributed by atoms with Crippen molar-refractivity contribution in [2.75, 3.05) is 5.73 Å². The van der Waals surface area contributed by atoms with Crippen LogP contribution in [0.25, 0.3) is 0 Å². The number of nitrogens with zero attached hydrogens (tertiary/aromatic N) is 2. The van der Waals surface area contributed by atoms with E-state index in [4.69, 9.17) is 22.1 Å². The van der Waals surface area contributed by atoms with Gasteiger partial charge >= 0.3 is 0 Å². The molecule has 0 amide bonds. The molecular formula is C13H15ClFN3O. The normalized spacial score (nSPS) is 10.7. The number of nitrogen functional groups attached to an aromatic ring is 1. The molecule has 0 aliphatic rings. The monoisotopic (exact) mass is 283 g/mol. The lowest BCUT2D eigenvalue weighted by Crippen LogP contribution is -2.04. The summed E-state index contributed by atoms with van der Waals surface area (Å²) in [6.45, 7) is 2.13. The standard InChI is InChI=1S/C13H15ClFN3O/c1-3-10-13(14)11(18(2)17-10)7-19-12-5-4-8(16)6-9(12)15/h4-6H,3,7,16H2,1-2H3. The Morgan fingerprint density at radius 2 is 2.21 bits per heavy atom. The molecule has 19 heavy (non-hydrogen) atoms. The lowest BCUT2D eigenvalue weighted by Gasteiger charge is -2.08. The van der Waals surface area contributed by atoms with Gasteiger partial charge in [0.05, 0.1) is 16.4 Å². The van der Waals surface area contributed by atoms with E-state index >= 15 is 0 Å². The Morgan fingerprint density at radius 3 is 2.79 bits per heavy atom. The second-order valence-electron chi connectivity index (χ2n) is 4.16. The lowest BCUT2D eigenvalue weighted by molar-refractivity contribution is 0.280. The molecular weight excluding hydrogens is 269 g/mol. The molecule has 0 saturated heterocycles. The fourth-order valence-corrected chi connectivity index (χ4v) is 2.11. The topological polar surface area (TPSA) is 53.1 Å². The predicted molar refractivity (Wildman–Crippen MR) is 72.7 cm³/mol. The van der Waals surface area contributed by atoms with Crippen LogP contribution in [0.4, 0.5) is 10.1 Å². The van der Waals surface area contributed by atoms with Crippen LogP contribution in [0, 0.1) is 5.82 Å². The number of rotatable bonds is 4. The van der Waals surface area contributed by atoms with Crippen LogP contribution in [-0.4, -0.2) is 9.78 Å². The molecule has 0 radical (unpaired) electrons. The maximum absolute atomic E-state index is 13.6. The zero-order valence-electron chi connectivity index (χ0n) is 10.8. The van der Waals surface area contributed by atoms with E-state index in [0.717, 1.165) is 17.8 Å². The third-order valence-electron chi connectivity index (χ3n) is 2.82. The van der Waals surface area contributed by atoms with Crippen LogP contribution in [0.1, 0.15) is 18.3 Å². The number of nitrogens with two attached hydrogens (primary N) is 1. The van der Waals surface area contributed by atoms with E-state index in [9.17, 15) is 4.39 Å². The van der Waals surface area contributed by atoms with Crippen molar-refractivity contribution in [3.63, 3.8) is 0 Å². The minimum Gasteiger partial charge on any atom is -0.484 e. The molecule has 0 saturated carbocycles. The van der Waals surface area contributed by atoms with Gasteiger partial charge in [-0.05, 0) is 18.6 Å². The molecule has 2 N–H and O–H groups in total. The van der Waals surface area contributed by atoms with E-state index in [0.29, 0.717) is 10.7 Å². The third kappa shape index (κ3) is 2.81. The number of halogens is 2. The van der Waals surface area contributed by atoms with Crippen molar-refractivity contribution in [2.45, 2.75) is 20.0 Å². The van der Waals surface area contributed by atoms with Crippen LogP contribution in [0.2, 0.25) is 5.02 Å². The number of hydrogen-bond acceptors (Lipinski definition) is 3. The van der Waals surface area contributed by atoms with E-state index in [2.05, 4.69) is 5.10 Å². The van der Waals surface area contributed by atoms with Gasteiger partial charge in [-0.15, -0.1) is 0 Å². The number of ether oxygens (including phenoxy) is 1. The summed E-state index contributed by atoms with van der Waals surface area (Å²) >= 11 is 6.18. The molecule has 1 aromatic carbocycles. The first-order valence-electron chi connectivity index (χ1n) is 5.91. The van der Waals surface area contributed by atoms with Gasteiger partial charge < -0.3 is 10.5 Å². The summed E-state index contributed by atoms with van der Waals surface area (Å²) in [5.74, 6) is -0.349. The second-order valence-corrected chi connectivity index (χ2v) is 4.54. The predicted octanol–water partition coefficient (Wildman–Crippen LogP) is 2.94. The quantitative estimate of drug-likeness (QED) is 0.878. The average Bonchev–Trinajstić information content (AvgIpc) is 2.64. The summed E-state index contributed by atoms with van der Waals surface area (Å²) in [5.41, 5.74) is 7.36. The number of benzene rings is 1. The molecule has 2 aromatic rings. The Morgan fingerprint density at radius 1 is 1.47 bits per heavy atom. The highest BCUT2D eigenvalue weighted by atomic mass is 35.5. The maximum atomic E-state index is 13.6. The summed E-state index contributed by atoms with van der Waals surface area (Å²) < 4.78 is 20.6. The molecule has 2 rings (SSSR count). The number of aromatic nitrogens is 2. The molecule has 0 atom stereocenters. The molecule has 0 unspecified atom stereocenters. The van der Waals surface area contributed by atoms with Gasteiger partial charge in [-0.25, -0.2) is 4.39 Å². The van der Waals surface area contributed by atoms with E-state index in [1.54, 1.807) is 17.8 Å². The first kappa shape index (κ1) is 13.7. The van der Waals surface area contributed by atoms with E-state index in [1.807, 2.05) is 6.92 Å². The fraction of sp³-hybridized carbons (Fsp3) is 0.308. The summed E-state index contributed by atoms with van der Waals surface area (Å²) in [6, 6.07) is 4.30. The van der Waals surface area contributed by atoms with Gasteiger partial charge in [0.1, 0.15) is 6.61 Å². The smallest absolute Gasteiger partial charge is 0.167 e. The number of anilines is 1. The van der Waals surface area contributed by atoms with Crippen LogP contribution in [0.3, 0.4) is 0 Å². The third-order valence-corrected chi connectivity index (χ3v) is 3.26. The number of hydrogen-bond donors (Lipinski definition) is 1. The first-order valence-corrected chi connectivity index (χ1v) is 6.28. The molecule has 0 aliphatic heterocycles.